The van der Waals surface area contributed by atoms with E-state index in [2.05, 4.69) is 21.2 Å². The van der Waals surface area contributed by atoms with Gasteiger partial charge in [0, 0.05) is 38.4 Å². The summed E-state index contributed by atoms with van der Waals surface area (Å²) in [5.41, 5.74) is 0. The maximum absolute atomic E-state index is 12.8. The molecule has 8 radical (unpaired) electrons. The number of hydrogen-bond donors (Lipinski definition) is 7. The van der Waals surface area contributed by atoms with Crippen molar-refractivity contribution >= 4 is 79.1 Å². The Morgan fingerprint density at radius 2 is 0.904 bits per heavy atom. The van der Waals surface area contributed by atoms with Crippen LogP contribution in [0.25, 0.3) is 0 Å². The monoisotopic (exact) mass is 723 g/mol. The summed E-state index contributed by atoms with van der Waals surface area (Å²) in [5.74, 6) is -3.20. The molecular weight excluding hydrogens is 670 g/mol. The number of Topliss-reactive ketones (excluding diaryl/α,β-unsaturated/α-hetero) is 1. The molecule has 0 aromatic rings. The van der Waals surface area contributed by atoms with Crippen molar-refractivity contribution in [3.8, 4) is 0 Å². The minimum absolute atomic E-state index is 0.00677. The maximum Gasteiger partial charge on any atom is 0.234 e. The summed E-state index contributed by atoms with van der Waals surface area (Å²) in [6.07, 6.45) is 5.81. The summed E-state index contributed by atoms with van der Waals surface area (Å²) in [7, 11) is 20.7. The first-order valence-electron chi connectivity index (χ1n) is 17.6. The maximum atomic E-state index is 12.8. The predicted molar refractivity (Wildman–Crippen MR) is 197 cm³/mol. The highest BCUT2D eigenvalue weighted by Crippen LogP contribution is 2.10. The minimum atomic E-state index is -0.990. The zero-order valence-corrected chi connectivity index (χ0v) is 30.6. The van der Waals surface area contributed by atoms with Crippen molar-refractivity contribution in [2.45, 2.75) is 90.5 Å². The lowest BCUT2D eigenvalue weighted by Crippen LogP contribution is -2.52. The lowest BCUT2D eigenvalue weighted by molar-refractivity contribution is -0.131. The molecule has 0 unspecified atom stereocenters. The molecular formula is C31H53B4N9O8. The molecule has 0 saturated carbocycles. The molecule has 52 heavy (non-hydrogen) atoms. The van der Waals surface area contributed by atoms with E-state index in [-0.39, 0.29) is 81.5 Å². The van der Waals surface area contributed by atoms with Crippen LogP contribution < -0.4 is 36.9 Å². The molecule has 21 heteroatoms. The lowest BCUT2D eigenvalue weighted by Gasteiger charge is -2.29. The van der Waals surface area contributed by atoms with Gasteiger partial charge in [0.05, 0.1) is 38.8 Å². The summed E-state index contributed by atoms with van der Waals surface area (Å²) in [6, 6.07) is -0.990. The highest BCUT2D eigenvalue weighted by Gasteiger charge is 2.27. The normalized spacial score (nSPS) is 11.4. The highest BCUT2D eigenvalue weighted by atomic mass is 16.2. The van der Waals surface area contributed by atoms with Crippen LogP contribution >= 0.6 is 0 Å². The fraction of sp³-hybridized carbons (Fsp3) is 0.742. The second-order valence-electron chi connectivity index (χ2n) is 12.6. The Hall–Kier alpha value is -3.86. The molecule has 0 rings (SSSR count). The van der Waals surface area contributed by atoms with E-state index in [0.29, 0.717) is 58.0 Å². The SMILES string of the molecule is [B]NC(=O)CCCCCNC(=O)CN(CC(=O)NCCCCCC(=O)C(C)C)CC(=O)NCCCC[C@@H](C(=O)N[B])N(CC(=O)N[B])CC(=O)N[B]. The quantitative estimate of drug-likeness (QED) is 0.0288. The van der Waals surface area contributed by atoms with Gasteiger partial charge in [0.15, 0.2) is 0 Å². The lowest BCUT2D eigenvalue weighted by atomic mass is 10.0. The fourth-order valence-corrected chi connectivity index (χ4v) is 4.95. The Labute approximate surface area is 312 Å². The van der Waals surface area contributed by atoms with Gasteiger partial charge in [-0.05, 0) is 44.9 Å². The summed E-state index contributed by atoms with van der Waals surface area (Å²) in [4.78, 5) is 100. The van der Waals surface area contributed by atoms with Crippen molar-refractivity contribution in [1.29, 1.82) is 0 Å². The molecule has 0 heterocycles. The van der Waals surface area contributed by atoms with Crippen molar-refractivity contribution in [3.05, 3.63) is 0 Å². The average Bonchev–Trinajstić information content (AvgIpc) is 3.11. The van der Waals surface area contributed by atoms with Gasteiger partial charge in [0.25, 0.3) is 0 Å². The number of ketones is 1. The first-order valence-corrected chi connectivity index (χ1v) is 17.6. The van der Waals surface area contributed by atoms with Crippen molar-refractivity contribution < 1.29 is 38.4 Å². The summed E-state index contributed by atoms with van der Waals surface area (Å²) in [5, 5.41) is 16.3. The van der Waals surface area contributed by atoms with Crippen molar-refractivity contribution in [3.63, 3.8) is 0 Å². The van der Waals surface area contributed by atoms with E-state index in [1.54, 1.807) is 0 Å². The third-order valence-corrected chi connectivity index (χ3v) is 7.86. The second-order valence-corrected chi connectivity index (χ2v) is 12.6. The highest BCUT2D eigenvalue weighted by molar-refractivity contribution is 6.16. The molecule has 0 aliphatic carbocycles. The predicted octanol–water partition coefficient (Wildman–Crippen LogP) is -3.38. The van der Waals surface area contributed by atoms with Crippen LogP contribution in [0.1, 0.15) is 84.5 Å². The minimum Gasteiger partial charge on any atom is -0.409 e. The van der Waals surface area contributed by atoms with Gasteiger partial charge in [0.1, 0.15) is 5.78 Å². The van der Waals surface area contributed by atoms with Gasteiger partial charge in [-0.25, -0.2) is 0 Å². The zero-order valence-electron chi connectivity index (χ0n) is 30.6. The molecule has 282 valence electrons. The molecule has 0 aromatic heterocycles. The first-order chi connectivity index (χ1) is 24.8. The summed E-state index contributed by atoms with van der Waals surface area (Å²) < 4.78 is 0. The van der Waals surface area contributed by atoms with Crippen LogP contribution in [0.3, 0.4) is 0 Å². The van der Waals surface area contributed by atoms with E-state index >= 15 is 0 Å². The Kier molecular flexibility index (Phi) is 27.5. The Balaban J connectivity index is 5.09. The van der Waals surface area contributed by atoms with Crippen LogP contribution in [-0.2, 0) is 38.4 Å². The topological polar surface area (TPSA) is 227 Å². The second kappa shape index (κ2) is 29.7. The third-order valence-electron chi connectivity index (χ3n) is 7.86. The van der Waals surface area contributed by atoms with Crippen LogP contribution in [0, 0.1) is 5.92 Å². The fourth-order valence-electron chi connectivity index (χ4n) is 4.95. The van der Waals surface area contributed by atoms with E-state index in [4.69, 9.17) is 31.9 Å². The largest absolute Gasteiger partial charge is 0.409 e. The number of hydrogen-bond acceptors (Lipinski definition) is 10. The van der Waals surface area contributed by atoms with Crippen molar-refractivity contribution in [2.24, 2.45) is 5.92 Å². The van der Waals surface area contributed by atoms with E-state index in [9.17, 15) is 38.4 Å². The molecule has 0 aliphatic rings. The van der Waals surface area contributed by atoms with E-state index in [1.165, 1.54) is 9.80 Å². The number of nitrogens with zero attached hydrogens (tertiary/aromatic N) is 2. The molecule has 7 amide bonds. The molecule has 0 saturated heterocycles. The van der Waals surface area contributed by atoms with Gasteiger partial charge >= 0.3 is 0 Å². The molecule has 1 atom stereocenters. The molecule has 17 nitrogen and oxygen atoms in total. The van der Waals surface area contributed by atoms with Crippen molar-refractivity contribution in [1.82, 2.24) is 46.7 Å². The van der Waals surface area contributed by atoms with Crippen LogP contribution in [0.2, 0.25) is 0 Å². The van der Waals surface area contributed by atoms with Crippen LogP contribution in [0.4, 0.5) is 0 Å². The van der Waals surface area contributed by atoms with Gasteiger partial charge < -0.3 is 36.9 Å². The molecule has 7 N–H and O–H groups in total. The van der Waals surface area contributed by atoms with Crippen molar-refractivity contribution in [2.75, 3.05) is 52.4 Å². The Bertz CT molecular complexity index is 1140. The zero-order chi connectivity index (χ0) is 39.3. The molecule has 0 bridgehead atoms. The number of nitrogens with one attached hydrogen (secondary N) is 7. The number of carbonyl (C=O) groups excluding carboxylic acids is 8. The van der Waals surface area contributed by atoms with Gasteiger partial charge in [-0.2, -0.15) is 0 Å². The molecule has 0 fully saturated rings. The molecule has 0 aromatic carbocycles. The van der Waals surface area contributed by atoms with Gasteiger partial charge in [-0.1, -0.05) is 26.7 Å². The average molecular weight is 723 g/mol. The van der Waals surface area contributed by atoms with Crippen LogP contribution in [0.5, 0.6) is 0 Å². The number of rotatable bonds is 30. The van der Waals surface area contributed by atoms with Crippen LogP contribution in [-0.4, -0.2) is 147 Å². The molecule has 0 spiro atoms. The van der Waals surface area contributed by atoms with E-state index < -0.39 is 29.7 Å². The van der Waals surface area contributed by atoms with Gasteiger partial charge in [-0.15, -0.1) is 0 Å². The number of carbonyl (C=O) groups is 8. The van der Waals surface area contributed by atoms with E-state index in [0.717, 1.165) is 12.8 Å². The van der Waals surface area contributed by atoms with E-state index in [1.807, 2.05) is 29.5 Å². The van der Waals surface area contributed by atoms with Gasteiger partial charge in [-0.3, -0.25) is 48.2 Å². The summed E-state index contributed by atoms with van der Waals surface area (Å²) in [6.45, 7) is 3.20. The third kappa shape index (κ3) is 24.3. The standard InChI is InChI=1S/C31H53B4N9O8/c1-22(2)24(45)12-5-3-8-14-36-26(47)17-43(18-27(48)37-15-9-4-6-13-25(46)39-32)19-28(49)38-16-10-7-11-23(31(52)42-35)44(20-29(50)40-33)21-30(51)41-34/h22-23H,3-21H2,1-2H3,(H,36,47)(H,37,48)(H,38,49)(H,39,46)(H,40,50)(H,41,51)(H,42,52)/t23-/m0/s1. The first kappa shape index (κ1) is 48.1. The molecule has 0 aliphatic heterocycles. The Morgan fingerprint density at radius 1 is 0.481 bits per heavy atom. The van der Waals surface area contributed by atoms with Gasteiger partial charge in [0.2, 0.25) is 73.3 Å². The Morgan fingerprint density at radius 3 is 1.31 bits per heavy atom. The summed E-state index contributed by atoms with van der Waals surface area (Å²) >= 11 is 0. The smallest absolute Gasteiger partial charge is 0.234 e. The number of unbranched alkanes of at least 4 members (excludes halogenated alkanes) is 5. The van der Waals surface area contributed by atoms with Crippen LogP contribution in [0.15, 0.2) is 0 Å². The number of amides is 7.